The average molecular weight is 272 g/mol. The molecule has 6 nitrogen and oxygen atoms in total. The zero-order chi connectivity index (χ0) is 14.5. The van der Waals surface area contributed by atoms with Crippen molar-refractivity contribution in [3.8, 4) is 0 Å². The van der Waals surface area contributed by atoms with Gasteiger partial charge in [0, 0.05) is 45.8 Å². The first-order chi connectivity index (χ1) is 9.11. The van der Waals surface area contributed by atoms with Gasteiger partial charge in [-0.25, -0.2) is 0 Å². The summed E-state index contributed by atoms with van der Waals surface area (Å²) in [5.41, 5.74) is 0. The van der Waals surface area contributed by atoms with E-state index in [0.29, 0.717) is 13.1 Å². The number of guanidine groups is 1. The third-order valence-corrected chi connectivity index (χ3v) is 2.43. The van der Waals surface area contributed by atoms with E-state index in [0.717, 1.165) is 32.1 Å². The minimum absolute atomic E-state index is 0.0241. The van der Waals surface area contributed by atoms with Gasteiger partial charge in [-0.2, -0.15) is 0 Å². The van der Waals surface area contributed by atoms with E-state index < -0.39 is 0 Å². The summed E-state index contributed by atoms with van der Waals surface area (Å²) in [6.45, 7) is 9.31. The Kier molecular flexibility index (Phi) is 11.0. The molecule has 0 radical (unpaired) electrons. The van der Waals surface area contributed by atoms with Crippen molar-refractivity contribution in [3.63, 3.8) is 0 Å². The van der Waals surface area contributed by atoms with Crippen molar-refractivity contribution in [1.29, 1.82) is 0 Å². The number of carbonyl (C=O) groups excluding carboxylic acids is 1. The van der Waals surface area contributed by atoms with Gasteiger partial charge in [0.15, 0.2) is 5.96 Å². The van der Waals surface area contributed by atoms with Crippen LogP contribution in [-0.2, 0) is 9.53 Å². The molecule has 0 atom stereocenters. The molecule has 0 aromatic rings. The largest absolute Gasteiger partial charge is 0.382 e. The van der Waals surface area contributed by atoms with Gasteiger partial charge in [-0.15, -0.1) is 0 Å². The number of aliphatic imine (C=N–C) groups is 1. The molecule has 0 rings (SSSR count). The number of amides is 1. The van der Waals surface area contributed by atoms with Crippen LogP contribution >= 0.6 is 0 Å². The van der Waals surface area contributed by atoms with Gasteiger partial charge in [0.2, 0.25) is 5.91 Å². The predicted molar refractivity (Wildman–Crippen MR) is 78.3 cm³/mol. The number of ether oxygens (including phenoxy) is 1. The predicted octanol–water partition coefficient (Wildman–Crippen LogP) is 0.350. The highest BCUT2D eigenvalue weighted by molar-refractivity contribution is 5.80. The smallest absolute Gasteiger partial charge is 0.222 e. The molecule has 0 aliphatic heterocycles. The van der Waals surface area contributed by atoms with Crippen molar-refractivity contribution in [1.82, 2.24) is 16.0 Å². The minimum atomic E-state index is 0.0241. The van der Waals surface area contributed by atoms with E-state index in [1.54, 1.807) is 7.05 Å². The van der Waals surface area contributed by atoms with E-state index in [2.05, 4.69) is 20.9 Å². The summed E-state index contributed by atoms with van der Waals surface area (Å²) in [6, 6.07) is 0. The first kappa shape index (κ1) is 17.7. The Bertz CT molecular complexity index is 267. The van der Waals surface area contributed by atoms with Gasteiger partial charge < -0.3 is 20.7 Å². The fraction of sp³-hybridized carbons (Fsp3) is 0.846. The zero-order valence-corrected chi connectivity index (χ0v) is 12.6. The quantitative estimate of drug-likeness (QED) is 0.322. The molecule has 19 heavy (non-hydrogen) atoms. The maximum atomic E-state index is 11.3. The summed E-state index contributed by atoms with van der Waals surface area (Å²) >= 11 is 0. The molecule has 0 spiro atoms. The Morgan fingerprint density at radius 3 is 2.37 bits per heavy atom. The Balaban J connectivity index is 3.58. The first-order valence-electron chi connectivity index (χ1n) is 6.91. The van der Waals surface area contributed by atoms with Crippen LogP contribution in [0.5, 0.6) is 0 Å². The molecular weight excluding hydrogens is 244 g/mol. The highest BCUT2D eigenvalue weighted by Gasteiger charge is 2.04. The lowest BCUT2D eigenvalue weighted by molar-refractivity contribution is -0.123. The normalized spacial score (nSPS) is 11.5. The molecule has 1 amide bonds. The van der Waals surface area contributed by atoms with Crippen molar-refractivity contribution in [2.45, 2.75) is 27.2 Å². The number of hydrogen-bond donors (Lipinski definition) is 3. The molecular formula is C13H28N4O2. The van der Waals surface area contributed by atoms with Crippen LogP contribution in [0.25, 0.3) is 0 Å². The Morgan fingerprint density at radius 2 is 1.79 bits per heavy atom. The fourth-order valence-electron chi connectivity index (χ4n) is 1.32. The highest BCUT2D eigenvalue weighted by atomic mass is 16.5. The van der Waals surface area contributed by atoms with E-state index >= 15 is 0 Å². The number of nitrogens with zero attached hydrogens (tertiary/aromatic N) is 1. The summed E-state index contributed by atoms with van der Waals surface area (Å²) in [4.78, 5) is 15.4. The fourth-order valence-corrected chi connectivity index (χ4v) is 1.32. The maximum absolute atomic E-state index is 11.3. The Labute approximate surface area is 116 Å². The SMILES string of the molecule is CCOCCCNC(=NC)NCCNC(=O)C(C)C. The van der Waals surface area contributed by atoms with Crippen LogP contribution in [0.3, 0.4) is 0 Å². The molecule has 0 aromatic heterocycles. The van der Waals surface area contributed by atoms with Crippen LogP contribution in [0.15, 0.2) is 4.99 Å². The molecule has 3 N–H and O–H groups in total. The lowest BCUT2D eigenvalue weighted by Crippen LogP contribution is -2.42. The molecule has 0 heterocycles. The summed E-state index contributed by atoms with van der Waals surface area (Å²) < 4.78 is 5.25. The number of nitrogens with one attached hydrogen (secondary N) is 3. The van der Waals surface area contributed by atoms with Crippen molar-refractivity contribution in [3.05, 3.63) is 0 Å². The van der Waals surface area contributed by atoms with Gasteiger partial charge in [-0.05, 0) is 13.3 Å². The van der Waals surface area contributed by atoms with Gasteiger partial charge in [0.25, 0.3) is 0 Å². The standard InChI is InChI=1S/C13H28N4O2/c1-5-19-10-6-7-16-13(14-4)17-9-8-15-12(18)11(2)3/h11H,5-10H2,1-4H3,(H,15,18)(H2,14,16,17). The van der Waals surface area contributed by atoms with Gasteiger partial charge in [0.1, 0.15) is 0 Å². The van der Waals surface area contributed by atoms with Gasteiger partial charge in [0.05, 0.1) is 0 Å². The molecule has 0 unspecified atom stereocenters. The van der Waals surface area contributed by atoms with Crippen LogP contribution in [0, 0.1) is 5.92 Å². The topological polar surface area (TPSA) is 74.8 Å². The van der Waals surface area contributed by atoms with Crippen molar-refractivity contribution >= 4 is 11.9 Å². The summed E-state index contributed by atoms with van der Waals surface area (Å²) in [5, 5.41) is 9.16. The second-order valence-corrected chi connectivity index (χ2v) is 4.42. The third-order valence-electron chi connectivity index (χ3n) is 2.43. The number of carbonyl (C=O) groups is 1. The number of hydrogen-bond acceptors (Lipinski definition) is 3. The van der Waals surface area contributed by atoms with Crippen molar-refractivity contribution in [2.75, 3.05) is 39.9 Å². The zero-order valence-electron chi connectivity index (χ0n) is 12.6. The van der Waals surface area contributed by atoms with E-state index in [-0.39, 0.29) is 11.8 Å². The van der Waals surface area contributed by atoms with Gasteiger partial charge in [-0.3, -0.25) is 9.79 Å². The maximum Gasteiger partial charge on any atom is 0.222 e. The van der Waals surface area contributed by atoms with Crippen molar-refractivity contribution in [2.24, 2.45) is 10.9 Å². The van der Waals surface area contributed by atoms with E-state index in [4.69, 9.17) is 4.74 Å². The summed E-state index contributed by atoms with van der Waals surface area (Å²) in [7, 11) is 1.73. The van der Waals surface area contributed by atoms with Gasteiger partial charge in [-0.1, -0.05) is 13.8 Å². The first-order valence-corrected chi connectivity index (χ1v) is 6.91. The van der Waals surface area contributed by atoms with Crippen LogP contribution in [0.4, 0.5) is 0 Å². The van der Waals surface area contributed by atoms with Crippen molar-refractivity contribution < 1.29 is 9.53 Å². The monoisotopic (exact) mass is 272 g/mol. The van der Waals surface area contributed by atoms with Crippen LogP contribution in [0.1, 0.15) is 27.2 Å². The van der Waals surface area contributed by atoms with Crippen LogP contribution in [-0.4, -0.2) is 51.8 Å². The molecule has 0 aromatic carbocycles. The summed E-state index contributed by atoms with van der Waals surface area (Å²) in [6.07, 6.45) is 0.943. The average Bonchev–Trinajstić information content (AvgIpc) is 2.40. The number of rotatable bonds is 9. The minimum Gasteiger partial charge on any atom is -0.382 e. The van der Waals surface area contributed by atoms with E-state index in [1.807, 2.05) is 20.8 Å². The van der Waals surface area contributed by atoms with E-state index in [9.17, 15) is 4.79 Å². The lowest BCUT2D eigenvalue weighted by atomic mass is 10.2. The molecule has 6 heteroatoms. The second kappa shape index (κ2) is 11.8. The molecule has 0 saturated carbocycles. The Hall–Kier alpha value is -1.30. The second-order valence-electron chi connectivity index (χ2n) is 4.42. The molecule has 0 aliphatic rings. The lowest BCUT2D eigenvalue weighted by Gasteiger charge is -2.12. The van der Waals surface area contributed by atoms with Gasteiger partial charge >= 0.3 is 0 Å². The molecule has 0 aliphatic carbocycles. The third kappa shape index (κ3) is 10.3. The molecule has 0 saturated heterocycles. The van der Waals surface area contributed by atoms with Crippen LogP contribution in [0.2, 0.25) is 0 Å². The molecule has 0 bridgehead atoms. The molecule has 0 fully saturated rings. The Morgan fingerprint density at radius 1 is 1.16 bits per heavy atom. The molecule has 112 valence electrons. The van der Waals surface area contributed by atoms with Crippen LogP contribution < -0.4 is 16.0 Å². The highest BCUT2D eigenvalue weighted by Crippen LogP contribution is 1.88. The summed E-state index contributed by atoms with van der Waals surface area (Å²) in [5.74, 6) is 0.841. The van der Waals surface area contributed by atoms with E-state index in [1.165, 1.54) is 0 Å².